The lowest BCUT2D eigenvalue weighted by Gasteiger charge is -2.38. The van der Waals surface area contributed by atoms with E-state index in [0.717, 1.165) is 11.1 Å². The third-order valence-corrected chi connectivity index (χ3v) is 4.66. The van der Waals surface area contributed by atoms with E-state index in [0.29, 0.717) is 12.3 Å². The first kappa shape index (κ1) is 21.9. The molecule has 1 aromatic heterocycles. The highest BCUT2D eigenvalue weighted by atomic mass is 16.3. The molecule has 0 aliphatic rings. The van der Waals surface area contributed by atoms with Gasteiger partial charge in [-0.3, -0.25) is 9.59 Å². The predicted molar refractivity (Wildman–Crippen MR) is 120 cm³/mol. The zero-order valence-corrected chi connectivity index (χ0v) is 18.0. The Kier molecular flexibility index (Phi) is 6.94. The van der Waals surface area contributed by atoms with Crippen molar-refractivity contribution in [2.75, 3.05) is 0 Å². The second-order valence-corrected chi connectivity index (χ2v) is 8.08. The molecule has 0 radical (unpaired) electrons. The highest BCUT2D eigenvalue weighted by Crippen LogP contribution is 2.29. The van der Waals surface area contributed by atoms with Crippen molar-refractivity contribution in [2.24, 2.45) is 0 Å². The number of nitrogens with zero attached hydrogens (tertiary/aromatic N) is 1. The molecule has 2 aromatic carbocycles. The van der Waals surface area contributed by atoms with Crippen molar-refractivity contribution in [3.63, 3.8) is 0 Å². The van der Waals surface area contributed by atoms with Gasteiger partial charge in [-0.15, -0.1) is 0 Å². The Labute approximate surface area is 183 Å². The van der Waals surface area contributed by atoms with Crippen LogP contribution in [0.15, 0.2) is 83.5 Å². The molecule has 5 nitrogen and oxygen atoms in total. The van der Waals surface area contributed by atoms with Crippen LogP contribution in [0.4, 0.5) is 0 Å². The number of amides is 2. The number of carbonyl (C=O) groups excluding carboxylic acids is 2. The summed E-state index contributed by atoms with van der Waals surface area (Å²) in [4.78, 5) is 28.0. The third kappa shape index (κ3) is 5.86. The maximum absolute atomic E-state index is 13.3. The lowest BCUT2D eigenvalue weighted by atomic mass is 10.00. The Morgan fingerprint density at radius 2 is 1.61 bits per heavy atom. The lowest BCUT2D eigenvalue weighted by Crippen LogP contribution is -2.52. The van der Waals surface area contributed by atoms with Gasteiger partial charge in [0.1, 0.15) is 5.76 Å². The van der Waals surface area contributed by atoms with Crippen LogP contribution in [0.3, 0.4) is 0 Å². The van der Waals surface area contributed by atoms with Crippen molar-refractivity contribution in [3.05, 3.63) is 95.9 Å². The largest absolute Gasteiger partial charge is 0.467 e. The van der Waals surface area contributed by atoms with Crippen LogP contribution in [0.2, 0.25) is 0 Å². The SMILES string of the molecule is CC(C)(C)N(C(=O)C#Cc1ccccc1)C(C(=O)NCc1ccccc1)c1ccco1. The van der Waals surface area contributed by atoms with Crippen molar-refractivity contribution in [1.29, 1.82) is 0 Å². The van der Waals surface area contributed by atoms with Crippen molar-refractivity contribution in [2.45, 2.75) is 38.9 Å². The van der Waals surface area contributed by atoms with Gasteiger partial charge in [-0.25, -0.2) is 0 Å². The molecule has 1 unspecified atom stereocenters. The Hall–Kier alpha value is -3.78. The van der Waals surface area contributed by atoms with Crippen molar-refractivity contribution >= 4 is 11.8 Å². The van der Waals surface area contributed by atoms with Crippen LogP contribution in [-0.4, -0.2) is 22.3 Å². The van der Waals surface area contributed by atoms with Gasteiger partial charge in [-0.2, -0.15) is 0 Å². The molecule has 3 aromatic rings. The molecule has 0 aliphatic carbocycles. The third-order valence-electron chi connectivity index (χ3n) is 4.66. The van der Waals surface area contributed by atoms with Crippen LogP contribution in [-0.2, 0) is 16.1 Å². The van der Waals surface area contributed by atoms with Gasteiger partial charge in [0.05, 0.1) is 6.26 Å². The predicted octanol–water partition coefficient (Wildman–Crippen LogP) is 4.32. The molecular formula is C26H26N2O3. The van der Waals surface area contributed by atoms with Gasteiger partial charge in [-0.05, 0) is 50.6 Å². The summed E-state index contributed by atoms with van der Waals surface area (Å²) in [5.74, 6) is 5.19. The Balaban J connectivity index is 1.90. The number of carbonyl (C=O) groups is 2. The van der Waals surface area contributed by atoms with Crippen molar-refractivity contribution in [3.8, 4) is 11.8 Å². The van der Waals surface area contributed by atoms with Crippen LogP contribution in [0.25, 0.3) is 0 Å². The zero-order valence-electron chi connectivity index (χ0n) is 18.0. The van der Waals surface area contributed by atoms with E-state index in [9.17, 15) is 9.59 Å². The van der Waals surface area contributed by atoms with Gasteiger partial charge in [-0.1, -0.05) is 54.5 Å². The first-order valence-corrected chi connectivity index (χ1v) is 10.1. The minimum absolute atomic E-state index is 0.330. The van der Waals surface area contributed by atoms with Crippen LogP contribution < -0.4 is 5.32 Å². The summed E-state index contributed by atoms with van der Waals surface area (Å²) in [6.45, 7) is 5.96. The van der Waals surface area contributed by atoms with Gasteiger partial charge >= 0.3 is 0 Å². The summed E-state index contributed by atoms with van der Waals surface area (Å²) in [7, 11) is 0. The summed E-state index contributed by atoms with van der Waals surface area (Å²) in [6, 6.07) is 21.3. The molecule has 0 spiro atoms. The molecule has 5 heteroatoms. The second kappa shape index (κ2) is 9.82. The monoisotopic (exact) mass is 414 g/mol. The fourth-order valence-corrected chi connectivity index (χ4v) is 3.22. The Morgan fingerprint density at radius 1 is 0.968 bits per heavy atom. The maximum atomic E-state index is 13.3. The van der Waals surface area contributed by atoms with Gasteiger partial charge in [0, 0.05) is 23.6 Å². The molecule has 0 bridgehead atoms. The summed E-state index contributed by atoms with van der Waals surface area (Å²) in [5, 5.41) is 2.93. The van der Waals surface area contributed by atoms with E-state index in [2.05, 4.69) is 17.2 Å². The van der Waals surface area contributed by atoms with E-state index in [4.69, 9.17) is 4.42 Å². The minimum atomic E-state index is -0.948. The molecule has 2 amide bonds. The molecule has 158 valence electrons. The summed E-state index contributed by atoms with van der Waals surface area (Å²) in [5.41, 5.74) is 1.02. The Bertz CT molecular complexity index is 1060. The molecule has 0 fully saturated rings. The molecule has 0 aliphatic heterocycles. The summed E-state index contributed by atoms with van der Waals surface area (Å²) >= 11 is 0. The molecule has 0 saturated heterocycles. The quantitative estimate of drug-likeness (QED) is 0.633. The van der Waals surface area contributed by atoms with E-state index in [1.165, 1.54) is 11.2 Å². The lowest BCUT2D eigenvalue weighted by molar-refractivity contribution is -0.143. The molecule has 1 N–H and O–H groups in total. The van der Waals surface area contributed by atoms with Crippen LogP contribution in [0.1, 0.15) is 43.7 Å². The van der Waals surface area contributed by atoms with Crippen LogP contribution >= 0.6 is 0 Å². The van der Waals surface area contributed by atoms with Gasteiger partial charge in [0.25, 0.3) is 11.8 Å². The average molecular weight is 415 g/mol. The van der Waals surface area contributed by atoms with E-state index in [-0.39, 0.29) is 5.91 Å². The smallest absolute Gasteiger partial charge is 0.300 e. The highest BCUT2D eigenvalue weighted by Gasteiger charge is 2.39. The van der Waals surface area contributed by atoms with Crippen molar-refractivity contribution < 1.29 is 14.0 Å². The second-order valence-electron chi connectivity index (χ2n) is 8.08. The first-order valence-electron chi connectivity index (χ1n) is 10.1. The highest BCUT2D eigenvalue weighted by molar-refractivity contribution is 5.98. The average Bonchev–Trinajstić information content (AvgIpc) is 3.29. The molecule has 1 atom stereocenters. The van der Waals surface area contributed by atoms with Gasteiger partial charge in [0.15, 0.2) is 6.04 Å². The maximum Gasteiger partial charge on any atom is 0.300 e. The van der Waals surface area contributed by atoms with E-state index in [1.54, 1.807) is 12.1 Å². The van der Waals surface area contributed by atoms with Gasteiger partial charge < -0.3 is 14.6 Å². The number of hydrogen-bond acceptors (Lipinski definition) is 3. The number of hydrogen-bond donors (Lipinski definition) is 1. The normalized spacial score (nSPS) is 11.7. The van der Waals surface area contributed by atoms with Crippen LogP contribution in [0, 0.1) is 11.8 Å². The molecule has 0 saturated carbocycles. The molecule has 3 rings (SSSR count). The summed E-state index contributed by atoms with van der Waals surface area (Å²) < 4.78 is 5.55. The number of nitrogens with one attached hydrogen (secondary N) is 1. The number of rotatable bonds is 5. The Morgan fingerprint density at radius 3 is 2.19 bits per heavy atom. The number of furan rings is 1. The van der Waals surface area contributed by atoms with E-state index in [1.807, 2.05) is 81.4 Å². The minimum Gasteiger partial charge on any atom is -0.467 e. The molecular weight excluding hydrogens is 388 g/mol. The standard InChI is InChI=1S/C26H26N2O3/c1-26(2,3)28(23(29)17-16-20-11-6-4-7-12-20)24(22-15-10-18-31-22)25(30)27-19-21-13-8-5-9-14-21/h4-15,18,24H,19H2,1-3H3,(H,27,30). The topological polar surface area (TPSA) is 62.6 Å². The van der Waals surface area contributed by atoms with Crippen LogP contribution in [0.5, 0.6) is 0 Å². The van der Waals surface area contributed by atoms with Crippen molar-refractivity contribution in [1.82, 2.24) is 10.2 Å². The first-order chi connectivity index (χ1) is 14.9. The fourth-order valence-electron chi connectivity index (χ4n) is 3.22. The summed E-state index contributed by atoms with van der Waals surface area (Å²) in [6.07, 6.45) is 1.49. The van der Waals surface area contributed by atoms with E-state index < -0.39 is 17.5 Å². The zero-order chi connectivity index (χ0) is 22.3. The van der Waals surface area contributed by atoms with E-state index >= 15 is 0 Å². The molecule has 1 heterocycles. The fraction of sp³-hybridized carbons (Fsp3) is 0.231. The van der Waals surface area contributed by atoms with Gasteiger partial charge in [0.2, 0.25) is 0 Å². The molecule has 31 heavy (non-hydrogen) atoms. The number of benzene rings is 2.